The maximum atomic E-state index is 7.13. The Bertz CT molecular complexity index is 2690. The Morgan fingerprint density at radius 1 is 0.369 bits per heavy atom. The smallest absolute Gasteiger partial charge is 0.205 e. The Labute approximate surface area is 391 Å². The lowest BCUT2D eigenvalue weighted by atomic mass is 9.63. The van der Waals surface area contributed by atoms with E-state index in [0.29, 0.717) is 0 Å². The lowest BCUT2D eigenvalue weighted by Gasteiger charge is -2.41. The van der Waals surface area contributed by atoms with E-state index in [4.69, 9.17) is 4.42 Å². The number of anilines is 6. The minimum Gasteiger partial charge on any atom is -0.440 e. The Balaban J connectivity index is 1.40. The summed E-state index contributed by atoms with van der Waals surface area (Å²) in [6, 6.07) is 50.7. The Morgan fingerprint density at radius 2 is 0.723 bits per heavy atom. The molecule has 3 nitrogen and oxygen atoms in total. The van der Waals surface area contributed by atoms with Gasteiger partial charge in [0.05, 0.1) is 5.69 Å². The molecule has 0 N–H and O–H groups in total. The van der Waals surface area contributed by atoms with Gasteiger partial charge in [-0.15, -0.1) is 0 Å². The van der Waals surface area contributed by atoms with Crippen LogP contribution in [0.5, 0.6) is 0 Å². The third-order valence-corrected chi connectivity index (χ3v) is 14.2. The molecule has 0 fully saturated rings. The van der Waals surface area contributed by atoms with Gasteiger partial charge in [0.2, 0.25) is 5.88 Å². The van der Waals surface area contributed by atoms with Crippen LogP contribution in [0.2, 0.25) is 0 Å². The first-order chi connectivity index (χ1) is 30.2. The van der Waals surface area contributed by atoms with Gasteiger partial charge in [-0.3, -0.25) is 4.90 Å². The molecule has 6 aromatic carbocycles. The minimum absolute atomic E-state index is 0.0132. The van der Waals surface area contributed by atoms with Gasteiger partial charge in [-0.05, 0) is 157 Å². The van der Waals surface area contributed by atoms with Gasteiger partial charge in [0.1, 0.15) is 5.58 Å². The summed E-state index contributed by atoms with van der Waals surface area (Å²) >= 11 is 0. The molecule has 0 bridgehead atoms. The molecule has 1 aliphatic rings. The average Bonchev–Trinajstić information content (AvgIpc) is 3.64. The molecule has 0 atom stereocenters. The molecular formula is C62H74N2O. The number of fused-ring (bicyclic) bond motifs is 2. The molecule has 8 rings (SSSR count). The van der Waals surface area contributed by atoms with Crippen LogP contribution in [-0.4, -0.2) is 0 Å². The third kappa shape index (κ3) is 9.31. The molecule has 0 amide bonds. The summed E-state index contributed by atoms with van der Waals surface area (Å²) in [6.07, 6.45) is 2.31. The minimum atomic E-state index is 0.0132. The van der Waals surface area contributed by atoms with Crippen molar-refractivity contribution in [3.8, 4) is 11.1 Å². The Hall–Kier alpha value is -5.54. The van der Waals surface area contributed by atoms with Gasteiger partial charge in [0.15, 0.2) is 0 Å². The van der Waals surface area contributed by atoms with Crippen LogP contribution in [0.3, 0.4) is 0 Å². The van der Waals surface area contributed by atoms with E-state index in [1.165, 1.54) is 33.4 Å². The molecule has 0 saturated heterocycles. The highest BCUT2D eigenvalue weighted by Crippen LogP contribution is 2.50. The van der Waals surface area contributed by atoms with Crippen molar-refractivity contribution in [1.82, 2.24) is 0 Å². The zero-order valence-electron chi connectivity index (χ0n) is 42.4. The fraction of sp³-hybridized carbons (Fsp3) is 0.387. The normalized spacial score (nSPS) is 15.2. The summed E-state index contributed by atoms with van der Waals surface area (Å²) in [5.74, 6) is 0.795. The lowest BCUT2D eigenvalue weighted by Crippen LogP contribution is -2.33. The van der Waals surface area contributed by atoms with Crippen LogP contribution in [0.4, 0.5) is 34.3 Å². The zero-order valence-corrected chi connectivity index (χ0v) is 42.4. The fourth-order valence-corrected chi connectivity index (χ4v) is 9.56. The summed E-state index contributed by atoms with van der Waals surface area (Å²) in [6.45, 7) is 36.9. The van der Waals surface area contributed by atoms with Gasteiger partial charge in [-0.25, -0.2) is 0 Å². The number of furan rings is 1. The predicted molar refractivity (Wildman–Crippen MR) is 281 cm³/mol. The Kier molecular flexibility index (Phi) is 11.4. The van der Waals surface area contributed by atoms with Gasteiger partial charge in [-0.1, -0.05) is 171 Å². The summed E-state index contributed by atoms with van der Waals surface area (Å²) in [5, 5.41) is 1.13. The van der Waals surface area contributed by atoms with Crippen molar-refractivity contribution >= 4 is 45.3 Å². The lowest BCUT2D eigenvalue weighted by molar-refractivity contribution is 0.332. The van der Waals surface area contributed by atoms with E-state index in [1.807, 2.05) is 0 Å². The predicted octanol–water partition coefficient (Wildman–Crippen LogP) is 18.6. The van der Waals surface area contributed by atoms with Gasteiger partial charge < -0.3 is 9.32 Å². The number of rotatable bonds is 7. The topological polar surface area (TPSA) is 19.6 Å². The van der Waals surface area contributed by atoms with E-state index in [-0.39, 0.29) is 32.5 Å². The first-order valence-corrected chi connectivity index (χ1v) is 24.0. The van der Waals surface area contributed by atoms with Crippen LogP contribution in [0, 0.1) is 0 Å². The third-order valence-electron chi connectivity index (χ3n) is 14.2. The van der Waals surface area contributed by atoms with E-state index < -0.39 is 0 Å². The molecule has 0 spiro atoms. The molecule has 1 aromatic heterocycles. The van der Waals surface area contributed by atoms with E-state index in [0.717, 1.165) is 69.3 Å². The van der Waals surface area contributed by atoms with Gasteiger partial charge in [0, 0.05) is 34.2 Å². The van der Waals surface area contributed by atoms with Crippen LogP contribution < -0.4 is 9.80 Å². The van der Waals surface area contributed by atoms with Gasteiger partial charge in [0.25, 0.3) is 0 Å². The number of nitrogens with zero attached hydrogens (tertiary/aromatic N) is 2. The maximum Gasteiger partial charge on any atom is 0.205 e. The average molecular weight is 863 g/mol. The number of benzene rings is 6. The van der Waals surface area contributed by atoms with Crippen molar-refractivity contribution in [2.75, 3.05) is 9.80 Å². The first kappa shape index (κ1) is 46.0. The van der Waals surface area contributed by atoms with Crippen molar-refractivity contribution in [2.24, 2.45) is 0 Å². The van der Waals surface area contributed by atoms with Crippen molar-refractivity contribution in [3.05, 3.63) is 167 Å². The molecule has 0 saturated carbocycles. The monoisotopic (exact) mass is 863 g/mol. The number of hydrogen-bond donors (Lipinski definition) is 0. The molecule has 3 heteroatoms. The summed E-state index contributed by atoms with van der Waals surface area (Å²) in [7, 11) is 0. The molecule has 0 radical (unpaired) electrons. The highest BCUT2D eigenvalue weighted by atomic mass is 16.4. The van der Waals surface area contributed by atoms with Crippen molar-refractivity contribution in [2.45, 2.75) is 156 Å². The molecular weight excluding hydrogens is 789 g/mol. The summed E-state index contributed by atoms with van der Waals surface area (Å²) < 4.78 is 7.13. The van der Waals surface area contributed by atoms with Crippen molar-refractivity contribution in [1.29, 1.82) is 0 Å². The molecule has 1 heterocycles. The second-order valence-electron chi connectivity index (χ2n) is 24.4. The summed E-state index contributed by atoms with van der Waals surface area (Å²) in [5.41, 5.74) is 16.9. The molecule has 0 aliphatic heterocycles. The van der Waals surface area contributed by atoms with Gasteiger partial charge >= 0.3 is 0 Å². The number of hydrogen-bond acceptors (Lipinski definition) is 3. The Morgan fingerprint density at radius 3 is 1.12 bits per heavy atom. The van der Waals surface area contributed by atoms with E-state index in [2.05, 4.69) is 254 Å². The van der Waals surface area contributed by atoms with E-state index >= 15 is 0 Å². The van der Waals surface area contributed by atoms with Crippen LogP contribution in [-0.2, 0) is 32.5 Å². The van der Waals surface area contributed by atoms with Crippen LogP contribution >= 0.6 is 0 Å². The molecule has 338 valence electrons. The van der Waals surface area contributed by atoms with Gasteiger partial charge in [-0.2, -0.15) is 0 Å². The maximum absolute atomic E-state index is 7.13. The molecule has 0 unspecified atom stereocenters. The molecule has 1 aliphatic carbocycles. The van der Waals surface area contributed by atoms with Crippen LogP contribution in [0.1, 0.15) is 157 Å². The largest absolute Gasteiger partial charge is 0.440 e. The zero-order chi connectivity index (χ0) is 47.1. The van der Waals surface area contributed by atoms with E-state index in [1.54, 1.807) is 0 Å². The SMILES string of the molecule is CC(C)(C)c1ccc(-c2cc(N(c3ccc(C(C)(C)C)cc3)c3ccc(C(C)(C)C)cc3)cc(N(c3ccc(C(C)(C)C)cc3)c3cc4cc5c(cc4o3)C(C)(C)CCC5(C)C)c2)cc1. The van der Waals surface area contributed by atoms with Crippen molar-refractivity contribution < 1.29 is 4.42 Å². The second kappa shape index (κ2) is 16.1. The highest BCUT2D eigenvalue weighted by molar-refractivity contribution is 5.90. The highest BCUT2D eigenvalue weighted by Gasteiger charge is 2.38. The van der Waals surface area contributed by atoms with Crippen LogP contribution in [0.25, 0.3) is 22.1 Å². The molecule has 65 heavy (non-hydrogen) atoms. The summed E-state index contributed by atoms with van der Waals surface area (Å²) in [4.78, 5) is 4.76. The first-order valence-electron chi connectivity index (χ1n) is 24.0. The standard InChI is InChI=1S/C62H74N2O/c1-57(2,3)44-19-17-41(18-20-44)42-35-51(63(48-27-21-45(22-28-48)58(4,5)6)49-29-23-46(24-30-49)59(7,8)9)39-52(36-42)64(50-31-25-47(26-32-50)60(10,11)12)56-38-43-37-53-54(40-55(43)65-56)62(15,16)34-33-61(53,13)14/h17-32,35-40H,33-34H2,1-16H3. The quantitative estimate of drug-likeness (QED) is 0.159. The molecule has 7 aromatic rings. The van der Waals surface area contributed by atoms with Crippen molar-refractivity contribution in [3.63, 3.8) is 0 Å². The second-order valence-corrected chi connectivity index (χ2v) is 24.4. The fourth-order valence-electron chi connectivity index (χ4n) is 9.56. The van der Waals surface area contributed by atoms with Crippen LogP contribution in [0.15, 0.2) is 138 Å². The van der Waals surface area contributed by atoms with E-state index in [9.17, 15) is 0 Å².